The van der Waals surface area contributed by atoms with Gasteiger partial charge in [0.05, 0.1) is 7.11 Å². The average molecular weight is 392 g/mol. The summed E-state index contributed by atoms with van der Waals surface area (Å²) in [5, 5.41) is 0. The van der Waals surface area contributed by atoms with Crippen molar-refractivity contribution in [3.63, 3.8) is 0 Å². The third-order valence-corrected chi connectivity index (χ3v) is 7.02. The molecular formula is C20H26BrNO2. The minimum atomic E-state index is 0.0912. The fourth-order valence-electron chi connectivity index (χ4n) is 6.05. The monoisotopic (exact) mass is 391 g/mol. The second kappa shape index (κ2) is 6.05. The molecule has 0 unspecified atom stereocenters. The zero-order valence-corrected chi connectivity index (χ0v) is 16.1. The molecule has 0 radical (unpaired) electrons. The van der Waals surface area contributed by atoms with E-state index in [-0.39, 0.29) is 11.4 Å². The van der Waals surface area contributed by atoms with Gasteiger partial charge in [-0.3, -0.25) is 4.79 Å². The minimum absolute atomic E-state index is 0.0912. The van der Waals surface area contributed by atoms with Gasteiger partial charge in [-0.05, 0) is 74.5 Å². The largest absolute Gasteiger partial charge is 0.496 e. The highest BCUT2D eigenvalue weighted by Crippen LogP contribution is 2.58. The molecule has 4 aliphatic rings. The van der Waals surface area contributed by atoms with Gasteiger partial charge in [0.25, 0.3) is 0 Å². The number of nitrogens with zero attached hydrogens (tertiary/aromatic N) is 1. The second-order valence-corrected chi connectivity index (χ2v) is 9.12. The van der Waals surface area contributed by atoms with Gasteiger partial charge in [0.2, 0.25) is 5.91 Å². The van der Waals surface area contributed by atoms with Crippen LogP contribution < -0.4 is 4.74 Å². The Morgan fingerprint density at radius 3 is 2.29 bits per heavy atom. The van der Waals surface area contributed by atoms with Gasteiger partial charge in [-0.2, -0.15) is 0 Å². The molecular weight excluding hydrogens is 366 g/mol. The summed E-state index contributed by atoms with van der Waals surface area (Å²) in [7, 11) is 1.70. The molecule has 1 aromatic carbocycles. The summed E-state index contributed by atoms with van der Waals surface area (Å²) in [6, 6.07) is 6.07. The topological polar surface area (TPSA) is 29.5 Å². The van der Waals surface area contributed by atoms with E-state index in [2.05, 4.69) is 26.9 Å². The van der Waals surface area contributed by atoms with E-state index in [0.29, 0.717) is 6.54 Å². The summed E-state index contributed by atoms with van der Waals surface area (Å²) in [6.07, 6.45) is 7.79. The van der Waals surface area contributed by atoms with Crippen LogP contribution in [0.15, 0.2) is 22.7 Å². The maximum Gasteiger partial charge on any atom is 0.220 e. The zero-order chi connectivity index (χ0) is 16.9. The molecule has 4 fully saturated rings. The summed E-state index contributed by atoms with van der Waals surface area (Å²) >= 11 is 3.56. The van der Waals surface area contributed by atoms with Crippen LogP contribution in [0.3, 0.4) is 0 Å². The third-order valence-electron chi connectivity index (χ3n) is 6.53. The normalized spacial score (nSPS) is 33.5. The average Bonchev–Trinajstić information content (AvgIpc) is 2.51. The molecule has 1 amide bonds. The van der Waals surface area contributed by atoms with Crippen LogP contribution in [0.2, 0.25) is 0 Å². The molecule has 4 heteroatoms. The molecule has 4 saturated carbocycles. The molecule has 0 spiro atoms. The van der Waals surface area contributed by atoms with Crippen LogP contribution in [-0.2, 0) is 11.3 Å². The van der Waals surface area contributed by atoms with E-state index < -0.39 is 0 Å². The van der Waals surface area contributed by atoms with Crippen molar-refractivity contribution in [2.24, 2.45) is 17.8 Å². The molecule has 24 heavy (non-hydrogen) atoms. The lowest BCUT2D eigenvalue weighted by Gasteiger charge is -2.60. The molecule has 5 rings (SSSR count). The van der Waals surface area contributed by atoms with Gasteiger partial charge < -0.3 is 9.64 Å². The third kappa shape index (κ3) is 2.77. The zero-order valence-electron chi connectivity index (χ0n) is 14.6. The van der Waals surface area contributed by atoms with Gasteiger partial charge in [-0.15, -0.1) is 0 Å². The summed E-state index contributed by atoms with van der Waals surface area (Å²) in [5.74, 6) is 3.58. The number of ether oxygens (including phenoxy) is 1. The van der Waals surface area contributed by atoms with Crippen molar-refractivity contribution < 1.29 is 9.53 Å². The quantitative estimate of drug-likeness (QED) is 0.739. The van der Waals surface area contributed by atoms with Gasteiger partial charge >= 0.3 is 0 Å². The van der Waals surface area contributed by atoms with E-state index in [0.717, 1.165) is 33.5 Å². The van der Waals surface area contributed by atoms with Gasteiger partial charge in [-0.25, -0.2) is 0 Å². The van der Waals surface area contributed by atoms with Gasteiger partial charge in [0.1, 0.15) is 5.75 Å². The van der Waals surface area contributed by atoms with Crippen LogP contribution in [0.25, 0.3) is 0 Å². The Hall–Kier alpha value is -1.03. The van der Waals surface area contributed by atoms with Gasteiger partial charge in [0, 0.05) is 29.0 Å². The summed E-state index contributed by atoms with van der Waals surface area (Å²) in [4.78, 5) is 14.8. The molecule has 0 atom stereocenters. The van der Waals surface area contributed by atoms with Crippen LogP contribution in [0.4, 0.5) is 0 Å². The number of hydrogen-bond acceptors (Lipinski definition) is 2. The Balaban J connectivity index is 1.66. The van der Waals surface area contributed by atoms with Crippen molar-refractivity contribution in [2.45, 2.75) is 57.5 Å². The molecule has 0 heterocycles. The van der Waals surface area contributed by atoms with E-state index in [4.69, 9.17) is 4.74 Å². The number of amides is 1. The van der Waals surface area contributed by atoms with Gasteiger partial charge in [-0.1, -0.05) is 15.9 Å². The molecule has 0 saturated heterocycles. The van der Waals surface area contributed by atoms with E-state index in [1.54, 1.807) is 14.0 Å². The van der Waals surface area contributed by atoms with E-state index in [9.17, 15) is 4.79 Å². The number of carbonyl (C=O) groups excluding carboxylic acids is 1. The highest BCUT2D eigenvalue weighted by molar-refractivity contribution is 9.10. The van der Waals surface area contributed by atoms with Crippen molar-refractivity contribution >= 4 is 21.8 Å². The maximum absolute atomic E-state index is 12.6. The van der Waals surface area contributed by atoms with Crippen LogP contribution in [0.1, 0.15) is 51.0 Å². The molecule has 130 valence electrons. The first kappa shape index (κ1) is 16.4. The lowest BCUT2D eigenvalue weighted by atomic mass is 9.52. The lowest BCUT2D eigenvalue weighted by Crippen LogP contribution is -2.60. The predicted molar refractivity (Wildman–Crippen MR) is 97.8 cm³/mol. The molecule has 0 N–H and O–H groups in total. The summed E-state index contributed by atoms with van der Waals surface area (Å²) in [5.41, 5.74) is 1.19. The summed E-state index contributed by atoms with van der Waals surface area (Å²) in [6.45, 7) is 2.40. The van der Waals surface area contributed by atoms with Crippen LogP contribution in [0, 0.1) is 17.8 Å². The van der Waals surface area contributed by atoms with Crippen LogP contribution in [0.5, 0.6) is 5.75 Å². The first-order valence-electron chi connectivity index (χ1n) is 9.10. The molecule has 4 aliphatic carbocycles. The Kier molecular flexibility index (Phi) is 4.14. The highest BCUT2D eigenvalue weighted by atomic mass is 79.9. The second-order valence-electron chi connectivity index (χ2n) is 8.20. The Morgan fingerprint density at radius 1 is 1.21 bits per heavy atom. The van der Waals surface area contributed by atoms with Crippen LogP contribution >= 0.6 is 15.9 Å². The smallest absolute Gasteiger partial charge is 0.220 e. The molecule has 0 aromatic heterocycles. The molecule has 4 bridgehead atoms. The standard InChI is InChI=1S/C20H26BrNO2/c1-13(23)22(12-17-8-18(21)3-4-19(17)24-2)20-9-14-5-15(10-20)7-16(6-14)11-20/h3-4,8,14-16H,5-7,9-12H2,1-2H3. The van der Waals surface area contributed by atoms with Crippen LogP contribution in [-0.4, -0.2) is 23.5 Å². The van der Waals surface area contributed by atoms with E-state index in [1.807, 2.05) is 12.1 Å². The molecule has 3 nitrogen and oxygen atoms in total. The van der Waals surface area contributed by atoms with Crippen molar-refractivity contribution in [3.8, 4) is 5.75 Å². The van der Waals surface area contributed by atoms with E-state index in [1.165, 1.54) is 38.5 Å². The first-order chi connectivity index (χ1) is 11.5. The Labute approximate surface area is 152 Å². The predicted octanol–water partition coefficient (Wildman–Crippen LogP) is 4.78. The minimum Gasteiger partial charge on any atom is -0.496 e. The highest BCUT2D eigenvalue weighted by Gasteiger charge is 2.54. The number of benzene rings is 1. The number of carbonyl (C=O) groups is 1. The van der Waals surface area contributed by atoms with Crippen molar-refractivity contribution in [1.29, 1.82) is 0 Å². The van der Waals surface area contributed by atoms with Crippen molar-refractivity contribution in [3.05, 3.63) is 28.2 Å². The van der Waals surface area contributed by atoms with E-state index >= 15 is 0 Å². The molecule has 0 aliphatic heterocycles. The van der Waals surface area contributed by atoms with Crippen molar-refractivity contribution in [1.82, 2.24) is 4.90 Å². The lowest BCUT2D eigenvalue weighted by molar-refractivity contribution is -0.150. The number of rotatable bonds is 4. The Morgan fingerprint density at radius 2 is 1.79 bits per heavy atom. The summed E-state index contributed by atoms with van der Waals surface area (Å²) < 4.78 is 6.58. The number of hydrogen-bond donors (Lipinski definition) is 0. The maximum atomic E-state index is 12.6. The first-order valence-corrected chi connectivity index (χ1v) is 9.89. The number of halogens is 1. The van der Waals surface area contributed by atoms with Gasteiger partial charge in [0.15, 0.2) is 0 Å². The van der Waals surface area contributed by atoms with Crippen molar-refractivity contribution in [2.75, 3.05) is 7.11 Å². The Bertz CT molecular complexity index is 622. The number of methoxy groups -OCH3 is 1. The fourth-order valence-corrected chi connectivity index (χ4v) is 6.46. The fraction of sp³-hybridized carbons (Fsp3) is 0.650. The molecule has 1 aromatic rings. The SMILES string of the molecule is COc1ccc(Br)cc1CN(C(C)=O)C12CC3CC(CC(C3)C1)C2.